The number of nitriles is 1. The Balaban J connectivity index is 1.67. The van der Waals surface area contributed by atoms with Crippen molar-refractivity contribution in [3.05, 3.63) is 43.3 Å². The molecule has 0 atom stereocenters. The number of anilines is 1. The van der Waals surface area contributed by atoms with Gasteiger partial charge < -0.3 is 15.2 Å². The number of nitrogens with one attached hydrogen (secondary N) is 2. The first-order valence-electron chi connectivity index (χ1n) is 8.48. The summed E-state index contributed by atoms with van der Waals surface area (Å²) >= 11 is 1.53. The summed E-state index contributed by atoms with van der Waals surface area (Å²) in [6.45, 7) is 5.39. The Morgan fingerprint density at radius 1 is 1.46 bits per heavy atom. The minimum Gasteiger partial charge on any atom is -0.325 e. The van der Waals surface area contributed by atoms with Crippen LogP contribution < -0.4 is 10.9 Å². The number of fused-ring (bicyclic) bond motifs is 1. The number of aromatic amines is 1. The van der Waals surface area contributed by atoms with E-state index in [1.165, 1.54) is 16.2 Å². The Morgan fingerprint density at radius 2 is 2.23 bits per heavy atom. The first kappa shape index (κ1) is 18.3. The topological polar surface area (TPSA) is 102 Å². The van der Waals surface area contributed by atoms with Crippen LogP contribution in [-0.2, 0) is 24.2 Å². The molecule has 0 fully saturated rings. The fraction of sp³-hybridized carbons (Fsp3) is 0.444. The fourth-order valence-electron chi connectivity index (χ4n) is 3.22. The van der Waals surface area contributed by atoms with Gasteiger partial charge in [0.15, 0.2) is 5.13 Å². The molecule has 0 aliphatic carbocycles. The molecule has 0 unspecified atom stereocenters. The summed E-state index contributed by atoms with van der Waals surface area (Å²) in [4.78, 5) is 34.7. The number of carbonyl (C=O) groups excluding carboxylic acids is 1. The van der Waals surface area contributed by atoms with Gasteiger partial charge in [0.25, 0.3) is 5.56 Å². The van der Waals surface area contributed by atoms with Crippen LogP contribution >= 0.6 is 11.3 Å². The maximum Gasteiger partial charge on any atom is 0.266 e. The second kappa shape index (κ2) is 7.40. The molecule has 136 valence electrons. The van der Waals surface area contributed by atoms with E-state index in [9.17, 15) is 9.59 Å². The molecule has 26 heavy (non-hydrogen) atoms. The maximum absolute atomic E-state index is 12.3. The number of H-pyrrole nitrogens is 1. The minimum atomic E-state index is -0.381. The summed E-state index contributed by atoms with van der Waals surface area (Å²) in [7, 11) is 2.07. The summed E-state index contributed by atoms with van der Waals surface area (Å²) in [5.74, 6) is -0.118. The molecular formula is C18H21N5O2S. The summed E-state index contributed by atoms with van der Waals surface area (Å²) in [5.41, 5.74) is 3.00. The molecule has 8 heteroatoms. The zero-order valence-corrected chi connectivity index (χ0v) is 15.9. The SMILES string of the molecule is Cc1[nH]c(=O)c(C#N)c(C)c1CCC(=O)Nc1nc2c(s1)CN(C)CC2. The minimum absolute atomic E-state index is 0.114. The van der Waals surface area contributed by atoms with Gasteiger partial charge in [-0.15, -0.1) is 11.3 Å². The molecule has 3 heterocycles. The van der Waals surface area contributed by atoms with E-state index >= 15 is 0 Å². The van der Waals surface area contributed by atoms with E-state index in [1.54, 1.807) is 13.8 Å². The van der Waals surface area contributed by atoms with E-state index in [0.29, 0.717) is 22.8 Å². The number of pyridine rings is 1. The third kappa shape index (κ3) is 3.69. The summed E-state index contributed by atoms with van der Waals surface area (Å²) in [5, 5.41) is 12.6. The Morgan fingerprint density at radius 3 is 2.96 bits per heavy atom. The summed E-state index contributed by atoms with van der Waals surface area (Å²) in [6.07, 6.45) is 1.64. The number of nitrogens with zero attached hydrogens (tertiary/aromatic N) is 3. The Kier molecular flexibility index (Phi) is 5.20. The number of likely N-dealkylation sites (N-methyl/N-ethyl adjacent to an activating group) is 1. The van der Waals surface area contributed by atoms with Crippen LogP contribution in [0.1, 0.15) is 39.4 Å². The average Bonchev–Trinajstić information content (AvgIpc) is 2.95. The molecule has 0 aromatic carbocycles. The van der Waals surface area contributed by atoms with Crippen molar-refractivity contribution in [2.75, 3.05) is 18.9 Å². The van der Waals surface area contributed by atoms with Crippen molar-refractivity contribution in [1.82, 2.24) is 14.9 Å². The number of rotatable bonds is 4. The van der Waals surface area contributed by atoms with Crippen molar-refractivity contribution in [1.29, 1.82) is 5.26 Å². The number of hydrogen-bond donors (Lipinski definition) is 2. The van der Waals surface area contributed by atoms with E-state index in [-0.39, 0.29) is 23.5 Å². The van der Waals surface area contributed by atoms with Gasteiger partial charge in [0, 0.05) is 36.5 Å². The molecule has 3 rings (SSSR count). The van der Waals surface area contributed by atoms with Crippen LogP contribution in [-0.4, -0.2) is 34.4 Å². The lowest BCUT2D eigenvalue weighted by Crippen LogP contribution is -2.25. The van der Waals surface area contributed by atoms with Crippen LogP contribution in [0.15, 0.2) is 4.79 Å². The number of aryl methyl sites for hydroxylation is 1. The predicted molar refractivity (Wildman–Crippen MR) is 100 cm³/mol. The molecule has 0 saturated heterocycles. The van der Waals surface area contributed by atoms with Crippen molar-refractivity contribution in [3.8, 4) is 6.07 Å². The number of aromatic nitrogens is 2. The number of carbonyl (C=O) groups is 1. The highest BCUT2D eigenvalue weighted by Gasteiger charge is 2.19. The Labute approximate surface area is 155 Å². The Bertz CT molecular complexity index is 954. The van der Waals surface area contributed by atoms with Gasteiger partial charge in [-0.2, -0.15) is 5.26 Å². The van der Waals surface area contributed by atoms with Crippen molar-refractivity contribution in [3.63, 3.8) is 0 Å². The molecule has 2 aromatic rings. The summed E-state index contributed by atoms with van der Waals surface area (Å²) in [6, 6.07) is 1.93. The Hall–Kier alpha value is -2.50. The highest BCUT2D eigenvalue weighted by atomic mass is 32.1. The molecular weight excluding hydrogens is 350 g/mol. The molecule has 0 spiro atoms. The first-order valence-corrected chi connectivity index (χ1v) is 9.30. The lowest BCUT2D eigenvalue weighted by atomic mass is 9.99. The first-order chi connectivity index (χ1) is 12.4. The lowest BCUT2D eigenvalue weighted by Gasteiger charge is -2.20. The molecule has 0 radical (unpaired) electrons. The van der Waals surface area contributed by atoms with Gasteiger partial charge in [-0.3, -0.25) is 9.59 Å². The monoisotopic (exact) mass is 371 g/mol. The van der Waals surface area contributed by atoms with Crippen LogP contribution in [0.4, 0.5) is 5.13 Å². The maximum atomic E-state index is 12.3. The van der Waals surface area contributed by atoms with E-state index in [4.69, 9.17) is 5.26 Å². The normalized spacial score (nSPS) is 13.9. The van der Waals surface area contributed by atoms with Crippen molar-refractivity contribution < 1.29 is 4.79 Å². The zero-order chi connectivity index (χ0) is 18.8. The van der Waals surface area contributed by atoms with Gasteiger partial charge in [-0.1, -0.05) is 0 Å². The number of amides is 1. The van der Waals surface area contributed by atoms with Crippen LogP contribution in [0.2, 0.25) is 0 Å². The van der Waals surface area contributed by atoms with Crippen LogP contribution in [0, 0.1) is 25.2 Å². The van der Waals surface area contributed by atoms with Gasteiger partial charge in [-0.25, -0.2) is 4.98 Å². The smallest absolute Gasteiger partial charge is 0.266 e. The second-order valence-electron chi connectivity index (χ2n) is 6.59. The standard InChI is InChI=1S/C18H21N5O2S/c1-10-12(11(2)20-17(25)13(10)8-19)4-5-16(24)22-18-21-14-6-7-23(3)9-15(14)26-18/h4-7,9H2,1-3H3,(H,20,25)(H,21,22,24). The van der Waals surface area contributed by atoms with Crippen LogP contribution in [0.3, 0.4) is 0 Å². The van der Waals surface area contributed by atoms with Crippen molar-refractivity contribution in [2.24, 2.45) is 0 Å². The van der Waals surface area contributed by atoms with Gasteiger partial charge in [0.05, 0.1) is 5.69 Å². The predicted octanol–water partition coefficient (Wildman–Crippen LogP) is 1.88. The molecule has 0 saturated carbocycles. The third-order valence-electron chi connectivity index (χ3n) is 4.69. The largest absolute Gasteiger partial charge is 0.325 e. The quantitative estimate of drug-likeness (QED) is 0.854. The van der Waals surface area contributed by atoms with Gasteiger partial charge >= 0.3 is 0 Å². The second-order valence-corrected chi connectivity index (χ2v) is 7.68. The number of hydrogen-bond acceptors (Lipinski definition) is 6. The molecule has 2 N–H and O–H groups in total. The average molecular weight is 371 g/mol. The summed E-state index contributed by atoms with van der Waals surface area (Å²) < 4.78 is 0. The van der Waals surface area contributed by atoms with E-state index in [0.717, 1.165) is 30.8 Å². The zero-order valence-electron chi connectivity index (χ0n) is 15.1. The van der Waals surface area contributed by atoms with E-state index < -0.39 is 0 Å². The highest BCUT2D eigenvalue weighted by molar-refractivity contribution is 7.15. The molecule has 7 nitrogen and oxygen atoms in total. The van der Waals surface area contributed by atoms with Gasteiger partial charge in [-0.05, 0) is 38.4 Å². The highest BCUT2D eigenvalue weighted by Crippen LogP contribution is 2.27. The van der Waals surface area contributed by atoms with Crippen LogP contribution in [0.5, 0.6) is 0 Å². The molecule has 2 aromatic heterocycles. The van der Waals surface area contributed by atoms with Crippen molar-refractivity contribution in [2.45, 2.75) is 39.7 Å². The van der Waals surface area contributed by atoms with E-state index in [1.807, 2.05) is 6.07 Å². The van der Waals surface area contributed by atoms with E-state index in [2.05, 4.69) is 27.2 Å². The van der Waals surface area contributed by atoms with Gasteiger partial charge in [0.2, 0.25) is 5.91 Å². The van der Waals surface area contributed by atoms with Gasteiger partial charge in [0.1, 0.15) is 11.6 Å². The molecule has 1 aliphatic heterocycles. The molecule has 0 bridgehead atoms. The lowest BCUT2D eigenvalue weighted by molar-refractivity contribution is -0.116. The fourth-order valence-corrected chi connectivity index (χ4v) is 4.32. The van der Waals surface area contributed by atoms with Crippen molar-refractivity contribution >= 4 is 22.4 Å². The number of thiazole rings is 1. The molecule has 1 amide bonds. The molecule has 1 aliphatic rings. The third-order valence-corrected chi connectivity index (χ3v) is 5.69. The van der Waals surface area contributed by atoms with Crippen LogP contribution in [0.25, 0.3) is 0 Å².